The van der Waals surface area contributed by atoms with Crippen molar-refractivity contribution in [2.24, 2.45) is 5.92 Å². The number of nitrogens with one attached hydrogen (secondary N) is 1. The molecule has 0 spiro atoms. The van der Waals surface area contributed by atoms with Crippen LogP contribution in [-0.4, -0.2) is 24.1 Å². The smallest absolute Gasteiger partial charge is 0.0445 e. The minimum atomic E-state index is 0.688. The van der Waals surface area contributed by atoms with Crippen molar-refractivity contribution < 1.29 is 0 Å². The Morgan fingerprint density at radius 1 is 1.38 bits per heavy atom. The molecule has 1 fully saturated rings. The van der Waals surface area contributed by atoms with Crippen LogP contribution in [0.3, 0.4) is 0 Å². The van der Waals surface area contributed by atoms with Crippen molar-refractivity contribution in [2.45, 2.75) is 65.5 Å². The van der Waals surface area contributed by atoms with E-state index in [4.69, 9.17) is 0 Å². The first-order valence-electron chi connectivity index (χ1n) is 8.62. The van der Waals surface area contributed by atoms with Crippen LogP contribution >= 0.6 is 0 Å². The molecule has 0 aromatic carbocycles. The third-order valence-electron chi connectivity index (χ3n) is 4.30. The maximum Gasteiger partial charge on any atom is 0.0445 e. The number of rotatable bonds is 7. The lowest BCUT2D eigenvalue weighted by Crippen LogP contribution is -2.40. The Bertz CT molecular complexity index is 415. The Kier molecular flexibility index (Phi) is 6.50. The zero-order valence-electron chi connectivity index (χ0n) is 13.9. The van der Waals surface area contributed by atoms with E-state index >= 15 is 0 Å². The molecule has 118 valence electrons. The molecule has 0 radical (unpaired) electrons. The van der Waals surface area contributed by atoms with E-state index in [2.05, 4.69) is 42.0 Å². The highest BCUT2D eigenvalue weighted by atomic mass is 15.2. The van der Waals surface area contributed by atoms with Crippen LogP contribution in [0.25, 0.3) is 0 Å². The van der Waals surface area contributed by atoms with Crippen LogP contribution in [-0.2, 0) is 6.54 Å². The summed E-state index contributed by atoms with van der Waals surface area (Å²) >= 11 is 0. The summed E-state index contributed by atoms with van der Waals surface area (Å²) < 4.78 is 0. The largest absolute Gasteiger partial charge is 0.368 e. The van der Waals surface area contributed by atoms with Gasteiger partial charge in [0.1, 0.15) is 0 Å². The molecule has 1 atom stereocenters. The summed E-state index contributed by atoms with van der Waals surface area (Å²) in [5.41, 5.74) is 2.75. The van der Waals surface area contributed by atoms with Gasteiger partial charge in [0.05, 0.1) is 0 Å². The number of hydrogen-bond donors (Lipinski definition) is 1. The average molecular weight is 289 g/mol. The van der Waals surface area contributed by atoms with Gasteiger partial charge in [-0.25, -0.2) is 0 Å². The fraction of sp³-hybridized carbons (Fsp3) is 0.722. The quantitative estimate of drug-likeness (QED) is 0.822. The molecule has 1 saturated heterocycles. The van der Waals surface area contributed by atoms with Gasteiger partial charge in [-0.05, 0) is 44.2 Å². The van der Waals surface area contributed by atoms with E-state index in [-0.39, 0.29) is 0 Å². The van der Waals surface area contributed by atoms with E-state index in [9.17, 15) is 0 Å². The van der Waals surface area contributed by atoms with Crippen molar-refractivity contribution in [3.05, 3.63) is 24.0 Å². The minimum Gasteiger partial charge on any atom is -0.368 e. The van der Waals surface area contributed by atoms with Gasteiger partial charge in [-0.2, -0.15) is 0 Å². The van der Waals surface area contributed by atoms with Gasteiger partial charge in [0.2, 0.25) is 0 Å². The maximum absolute atomic E-state index is 4.34. The molecule has 21 heavy (non-hydrogen) atoms. The predicted molar refractivity (Wildman–Crippen MR) is 90.7 cm³/mol. The van der Waals surface area contributed by atoms with Crippen molar-refractivity contribution in [1.82, 2.24) is 10.3 Å². The van der Waals surface area contributed by atoms with Gasteiger partial charge in [-0.15, -0.1) is 0 Å². The summed E-state index contributed by atoms with van der Waals surface area (Å²) in [6.07, 6.45) is 10.6. The Morgan fingerprint density at radius 3 is 3.00 bits per heavy atom. The number of anilines is 1. The van der Waals surface area contributed by atoms with Crippen LogP contribution in [0, 0.1) is 5.92 Å². The molecule has 0 bridgehead atoms. The first-order chi connectivity index (χ1) is 10.2. The van der Waals surface area contributed by atoms with Crippen molar-refractivity contribution >= 4 is 5.69 Å². The standard InChI is InChI=1S/C18H31N3/c1-4-7-17-8-5-6-11-21(17)18-9-10-19-13-16(18)14-20-12-15(2)3/h9-10,13,15,17,20H,4-8,11-12,14H2,1-3H3. The Hall–Kier alpha value is -1.09. The van der Waals surface area contributed by atoms with E-state index in [0.29, 0.717) is 5.92 Å². The molecule has 0 amide bonds. The molecule has 1 aliphatic heterocycles. The summed E-state index contributed by atoms with van der Waals surface area (Å²) in [6, 6.07) is 2.93. The van der Waals surface area contributed by atoms with Gasteiger partial charge in [0, 0.05) is 42.8 Å². The van der Waals surface area contributed by atoms with Crippen LogP contribution in [0.1, 0.15) is 58.4 Å². The highest BCUT2D eigenvalue weighted by Crippen LogP contribution is 2.29. The van der Waals surface area contributed by atoms with Gasteiger partial charge >= 0.3 is 0 Å². The Morgan fingerprint density at radius 2 is 2.24 bits per heavy atom. The zero-order chi connectivity index (χ0) is 15.1. The van der Waals surface area contributed by atoms with Crippen LogP contribution in [0.15, 0.2) is 18.5 Å². The first-order valence-corrected chi connectivity index (χ1v) is 8.62. The van der Waals surface area contributed by atoms with E-state index in [1.807, 2.05) is 12.4 Å². The molecule has 0 saturated carbocycles. The van der Waals surface area contributed by atoms with Crippen molar-refractivity contribution in [1.29, 1.82) is 0 Å². The van der Waals surface area contributed by atoms with Gasteiger partial charge in [0.25, 0.3) is 0 Å². The number of nitrogens with zero attached hydrogens (tertiary/aromatic N) is 2. The second-order valence-electron chi connectivity index (χ2n) is 6.66. The van der Waals surface area contributed by atoms with E-state index in [1.54, 1.807) is 0 Å². The molecular weight excluding hydrogens is 258 g/mol. The first kappa shape index (κ1) is 16.3. The molecule has 3 nitrogen and oxygen atoms in total. The second-order valence-corrected chi connectivity index (χ2v) is 6.66. The topological polar surface area (TPSA) is 28.2 Å². The summed E-state index contributed by atoms with van der Waals surface area (Å²) in [4.78, 5) is 6.98. The summed E-state index contributed by atoms with van der Waals surface area (Å²) in [5.74, 6) is 0.688. The average Bonchev–Trinajstić information content (AvgIpc) is 2.48. The lowest BCUT2D eigenvalue weighted by Gasteiger charge is -2.38. The third-order valence-corrected chi connectivity index (χ3v) is 4.30. The fourth-order valence-corrected chi connectivity index (χ4v) is 3.28. The fourth-order valence-electron chi connectivity index (χ4n) is 3.28. The number of aromatic nitrogens is 1. The molecule has 1 aromatic heterocycles. The molecular formula is C18H31N3. The molecule has 2 heterocycles. The molecule has 1 aliphatic rings. The Labute approximate surface area is 130 Å². The maximum atomic E-state index is 4.34. The lowest BCUT2D eigenvalue weighted by molar-refractivity contribution is 0.433. The SMILES string of the molecule is CCCC1CCCCN1c1ccncc1CNCC(C)C. The highest BCUT2D eigenvalue weighted by molar-refractivity contribution is 5.53. The molecule has 1 unspecified atom stereocenters. The normalized spacial score (nSPS) is 19.2. The van der Waals surface area contributed by atoms with Crippen LogP contribution in [0.4, 0.5) is 5.69 Å². The van der Waals surface area contributed by atoms with E-state index in [1.165, 1.54) is 49.9 Å². The summed E-state index contributed by atoms with van der Waals surface area (Å²) in [6.45, 7) is 9.98. The van der Waals surface area contributed by atoms with Gasteiger partial charge in [0.15, 0.2) is 0 Å². The molecule has 3 heteroatoms. The summed E-state index contributed by atoms with van der Waals surface area (Å²) in [7, 11) is 0. The van der Waals surface area contributed by atoms with Crippen LogP contribution in [0.5, 0.6) is 0 Å². The van der Waals surface area contributed by atoms with Crippen molar-refractivity contribution in [3.8, 4) is 0 Å². The van der Waals surface area contributed by atoms with Crippen molar-refractivity contribution in [2.75, 3.05) is 18.0 Å². The predicted octanol–water partition coefficient (Wildman–Crippen LogP) is 3.99. The van der Waals surface area contributed by atoms with E-state index in [0.717, 1.165) is 19.1 Å². The highest BCUT2D eigenvalue weighted by Gasteiger charge is 2.23. The Balaban J connectivity index is 2.09. The molecule has 1 aromatic rings. The minimum absolute atomic E-state index is 0.688. The van der Waals surface area contributed by atoms with Gasteiger partial charge in [-0.3, -0.25) is 4.98 Å². The third kappa shape index (κ3) is 4.70. The van der Waals surface area contributed by atoms with Gasteiger partial charge in [-0.1, -0.05) is 27.2 Å². The number of piperidine rings is 1. The van der Waals surface area contributed by atoms with Gasteiger partial charge < -0.3 is 10.2 Å². The van der Waals surface area contributed by atoms with E-state index < -0.39 is 0 Å². The zero-order valence-corrected chi connectivity index (χ0v) is 13.9. The van der Waals surface area contributed by atoms with Crippen molar-refractivity contribution in [3.63, 3.8) is 0 Å². The molecule has 2 rings (SSSR count). The second kappa shape index (κ2) is 8.38. The monoisotopic (exact) mass is 289 g/mol. The van der Waals surface area contributed by atoms with Crippen LogP contribution in [0.2, 0.25) is 0 Å². The number of pyridine rings is 1. The van der Waals surface area contributed by atoms with Crippen LogP contribution < -0.4 is 10.2 Å². The molecule has 0 aliphatic carbocycles. The molecule has 1 N–H and O–H groups in total. The number of hydrogen-bond acceptors (Lipinski definition) is 3. The lowest BCUT2D eigenvalue weighted by atomic mass is 9.97. The summed E-state index contributed by atoms with van der Waals surface area (Å²) in [5, 5.41) is 3.56.